The van der Waals surface area contributed by atoms with E-state index in [0.29, 0.717) is 23.6 Å². The van der Waals surface area contributed by atoms with Gasteiger partial charge in [-0.25, -0.2) is 14.8 Å². The normalized spacial score (nSPS) is 10.3. The van der Waals surface area contributed by atoms with Crippen molar-refractivity contribution in [2.24, 2.45) is 0 Å². The van der Waals surface area contributed by atoms with Crippen LogP contribution in [0.4, 0.5) is 0 Å². The number of aryl methyl sites for hydroxylation is 2. The van der Waals surface area contributed by atoms with Crippen molar-refractivity contribution in [2.75, 3.05) is 0 Å². The predicted molar refractivity (Wildman–Crippen MR) is 66.3 cm³/mol. The first-order valence-corrected chi connectivity index (χ1v) is 5.64. The summed E-state index contributed by atoms with van der Waals surface area (Å²) in [6.07, 6.45) is 3.57. The third-order valence-electron chi connectivity index (χ3n) is 2.58. The van der Waals surface area contributed by atoms with Gasteiger partial charge in [0.2, 0.25) is 0 Å². The van der Waals surface area contributed by atoms with Crippen LogP contribution in [0.15, 0.2) is 24.5 Å². The molecule has 0 spiro atoms. The Labute approximate surface area is 105 Å². The molecule has 0 aliphatic carbocycles. The zero-order valence-corrected chi connectivity index (χ0v) is 10.2. The molecule has 2 aromatic heterocycles. The van der Waals surface area contributed by atoms with Gasteiger partial charge in [0.05, 0.1) is 11.3 Å². The molecule has 1 N–H and O–H groups in total. The monoisotopic (exact) mass is 243 g/mol. The van der Waals surface area contributed by atoms with E-state index in [4.69, 9.17) is 5.11 Å². The van der Waals surface area contributed by atoms with Gasteiger partial charge in [0, 0.05) is 12.4 Å². The molecule has 5 heteroatoms. The Morgan fingerprint density at radius 3 is 2.78 bits per heavy atom. The second kappa shape index (κ2) is 4.91. The van der Waals surface area contributed by atoms with Gasteiger partial charge < -0.3 is 5.11 Å². The molecule has 0 aromatic carbocycles. The van der Waals surface area contributed by atoms with Gasteiger partial charge in [0.15, 0.2) is 5.82 Å². The quantitative estimate of drug-likeness (QED) is 0.893. The standard InChI is InChI=1S/C13H13N3O2/c1-3-10-9(13(17)18)7-15-12(16-10)11-6-8(2)4-5-14-11/h4-7H,3H2,1-2H3,(H,17,18). The number of carboxylic acid groups (broad SMARTS) is 1. The average molecular weight is 243 g/mol. The van der Waals surface area contributed by atoms with Crippen LogP contribution < -0.4 is 0 Å². The van der Waals surface area contributed by atoms with Crippen LogP contribution in [-0.2, 0) is 6.42 Å². The highest BCUT2D eigenvalue weighted by molar-refractivity contribution is 5.88. The van der Waals surface area contributed by atoms with Crippen molar-refractivity contribution in [1.29, 1.82) is 0 Å². The number of hydrogen-bond acceptors (Lipinski definition) is 4. The van der Waals surface area contributed by atoms with Gasteiger partial charge in [-0.3, -0.25) is 4.98 Å². The highest BCUT2D eigenvalue weighted by Crippen LogP contribution is 2.15. The fraction of sp³-hybridized carbons (Fsp3) is 0.231. The van der Waals surface area contributed by atoms with E-state index in [9.17, 15) is 4.79 Å². The maximum atomic E-state index is 11.0. The SMILES string of the molecule is CCc1nc(-c2cc(C)ccn2)ncc1C(=O)O. The summed E-state index contributed by atoms with van der Waals surface area (Å²) >= 11 is 0. The second-order valence-electron chi connectivity index (χ2n) is 3.93. The lowest BCUT2D eigenvalue weighted by Crippen LogP contribution is -2.07. The lowest BCUT2D eigenvalue weighted by molar-refractivity contribution is 0.0694. The third-order valence-corrected chi connectivity index (χ3v) is 2.58. The van der Waals surface area contributed by atoms with Crippen LogP contribution in [0.3, 0.4) is 0 Å². The van der Waals surface area contributed by atoms with E-state index in [1.807, 2.05) is 26.0 Å². The first-order valence-electron chi connectivity index (χ1n) is 5.64. The molecule has 0 unspecified atom stereocenters. The van der Waals surface area contributed by atoms with E-state index in [1.54, 1.807) is 6.20 Å². The van der Waals surface area contributed by atoms with Gasteiger partial charge in [0.1, 0.15) is 5.69 Å². The molecule has 5 nitrogen and oxygen atoms in total. The molecule has 18 heavy (non-hydrogen) atoms. The number of hydrogen-bond donors (Lipinski definition) is 1. The molecule has 0 atom stereocenters. The molecular formula is C13H13N3O2. The van der Waals surface area contributed by atoms with Crippen LogP contribution in [0.2, 0.25) is 0 Å². The van der Waals surface area contributed by atoms with Crippen LogP contribution in [0.25, 0.3) is 11.5 Å². The van der Waals surface area contributed by atoms with Crippen LogP contribution in [0.5, 0.6) is 0 Å². The predicted octanol–water partition coefficient (Wildman–Crippen LogP) is 2.11. The molecule has 0 amide bonds. The number of aromatic nitrogens is 3. The van der Waals surface area contributed by atoms with E-state index >= 15 is 0 Å². The summed E-state index contributed by atoms with van der Waals surface area (Å²) in [5.74, 6) is -0.545. The van der Waals surface area contributed by atoms with E-state index in [0.717, 1.165) is 5.56 Å². The minimum absolute atomic E-state index is 0.147. The topological polar surface area (TPSA) is 76.0 Å². The maximum absolute atomic E-state index is 11.0. The highest BCUT2D eigenvalue weighted by atomic mass is 16.4. The lowest BCUT2D eigenvalue weighted by atomic mass is 10.2. The molecule has 0 bridgehead atoms. The summed E-state index contributed by atoms with van der Waals surface area (Å²) in [6.45, 7) is 3.82. The Bertz CT molecular complexity index is 597. The van der Waals surface area contributed by atoms with Gasteiger partial charge in [-0.15, -0.1) is 0 Å². The minimum Gasteiger partial charge on any atom is -0.478 e. The van der Waals surface area contributed by atoms with Crippen molar-refractivity contribution in [3.63, 3.8) is 0 Å². The van der Waals surface area contributed by atoms with Crippen LogP contribution in [0.1, 0.15) is 28.5 Å². The van der Waals surface area contributed by atoms with Gasteiger partial charge in [0.25, 0.3) is 0 Å². The summed E-state index contributed by atoms with van der Waals surface area (Å²) in [6, 6.07) is 3.76. The Hall–Kier alpha value is -2.30. The number of pyridine rings is 1. The van der Waals surface area contributed by atoms with Crippen molar-refractivity contribution in [3.05, 3.63) is 41.3 Å². The zero-order chi connectivity index (χ0) is 13.1. The number of aromatic carboxylic acids is 1. The smallest absolute Gasteiger partial charge is 0.339 e. The number of nitrogens with zero attached hydrogens (tertiary/aromatic N) is 3. The molecule has 92 valence electrons. The Kier molecular flexibility index (Phi) is 3.32. The van der Waals surface area contributed by atoms with Gasteiger partial charge in [-0.05, 0) is 31.0 Å². The van der Waals surface area contributed by atoms with Crippen molar-refractivity contribution >= 4 is 5.97 Å². The van der Waals surface area contributed by atoms with Crippen LogP contribution in [-0.4, -0.2) is 26.0 Å². The fourth-order valence-electron chi connectivity index (χ4n) is 1.65. The maximum Gasteiger partial charge on any atom is 0.339 e. The third kappa shape index (κ3) is 2.34. The minimum atomic E-state index is -1.00. The molecule has 2 rings (SSSR count). The fourth-order valence-corrected chi connectivity index (χ4v) is 1.65. The molecule has 0 aliphatic rings. The summed E-state index contributed by atoms with van der Waals surface area (Å²) in [5, 5.41) is 9.01. The summed E-state index contributed by atoms with van der Waals surface area (Å²) in [4.78, 5) is 23.5. The Balaban J connectivity index is 2.51. The molecule has 0 fully saturated rings. The summed E-state index contributed by atoms with van der Waals surface area (Å²) in [7, 11) is 0. The Morgan fingerprint density at radius 2 is 2.17 bits per heavy atom. The van der Waals surface area contributed by atoms with Gasteiger partial charge in [-0.2, -0.15) is 0 Å². The molecule has 0 aliphatic heterocycles. The lowest BCUT2D eigenvalue weighted by Gasteiger charge is -2.05. The molecule has 0 saturated carbocycles. The molecule has 2 heterocycles. The van der Waals surface area contributed by atoms with E-state index in [1.165, 1.54) is 6.20 Å². The molecular weight excluding hydrogens is 230 g/mol. The Morgan fingerprint density at radius 1 is 1.39 bits per heavy atom. The van der Waals surface area contributed by atoms with E-state index in [-0.39, 0.29) is 5.56 Å². The number of carbonyl (C=O) groups is 1. The van der Waals surface area contributed by atoms with Crippen LogP contribution >= 0.6 is 0 Å². The van der Waals surface area contributed by atoms with E-state index in [2.05, 4.69) is 15.0 Å². The summed E-state index contributed by atoms with van der Waals surface area (Å²) in [5.41, 5.74) is 2.38. The average Bonchev–Trinajstić information content (AvgIpc) is 2.37. The largest absolute Gasteiger partial charge is 0.478 e. The zero-order valence-electron chi connectivity index (χ0n) is 10.2. The number of carboxylic acids is 1. The number of rotatable bonds is 3. The first kappa shape index (κ1) is 12.2. The summed E-state index contributed by atoms with van der Waals surface area (Å²) < 4.78 is 0. The van der Waals surface area contributed by atoms with Gasteiger partial charge in [-0.1, -0.05) is 6.92 Å². The molecule has 0 radical (unpaired) electrons. The van der Waals surface area contributed by atoms with Crippen molar-refractivity contribution in [3.8, 4) is 11.5 Å². The van der Waals surface area contributed by atoms with Crippen molar-refractivity contribution < 1.29 is 9.90 Å². The molecule has 2 aromatic rings. The first-order chi connectivity index (χ1) is 8.61. The van der Waals surface area contributed by atoms with Gasteiger partial charge >= 0.3 is 5.97 Å². The molecule has 0 saturated heterocycles. The second-order valence-corrected chi connectivity index (χ2v) is 3.93. The van der Waals surface area contributed by atoms with Crippen LogP contribution in [0, 0.1) is 6.92 Å². The highest BCUT2D eigenvalue weighted by Gasteiger charge is 2.13. The van der Waals surface area contributed by atoms with Crippen molar-refractivity contribution in [2.45, 2.75) is 20.3 Å². The van der Waals surface area contributed by atoms with E-state index < -0.39 is 5.97 Å². The van der Waals surface area contributed by atoms with Crippen molar-refractivity contribution in [1.82, 2.24) is 15.0 Å².